The third-order valence-corrected chi connectivity index (χ3v) is 0.943. The highest BCUT2D eigenvalue weighted by atomic mass is 14.6. The van der Waals surface area contributed by atoms with E-state index in [0.717, 1.165) is 11.1 Å². The summed E-state index contributed by atoms with van der Waals surface area (Å²) in [6.45, 7) is 22.5. The van der Waals surface area contributed by atoms with Crippen molar-refractivity contribution in [2.45, 2.75) is 20.8 Å². The van der Waals surface area contributed by atoms with Crippen molar-refractivity contribution in [2.24, 2.45) is 4.99 Å². The van der Waals surface area contributed by atoms with E-state index in [1.54, 1.807) is 12.3 Å². The van der Waals surface area contributed by atoms with E-state index < -0.39 is 0 Å². The molecule has 0 rings (SSSR count). The molecule has 0 aromatic heterocycles. The molecule has 0 spiro atoms. The van der Waals surface area contributed by atoms with Gasteiger partial charge in [-0.15, -0.1) is 13.2 Å². The highest BCUT2D eigenvalue weighted by molar-refractivity contribution is 5.37. The Kier molecular flexibility index (Phi) is 23.0. The van der Waals surface area contributed by atoms with Gasteiger partial charge in [0.25, 0.3) is 0 Å². The lowest BCUT2D eigenvalue weighted by Gasteiger charge is -1.94. The normalized spacial score (nSPS) is 8.08. The fourth-order valence-corrected chi connectivity index (χ4v) is 0.435. The summed E-state index contributed by atoms with van der Waals surface area (Å²) >= 11 is 0. The number of rotatable bonds is 3. The molecule has 0 saturated carbocycles. The van der Waals surface area contributed by atoms with Crippen molar-refractivity contribution in [3.05, 3.63) is 49.7 Å². The van der Waals surface area contributed by atoms with Crippen molar-refractivity contribution in [1.29, 1.82) is 0 Å². The molecule has 13 heavy (non-hydrogen) atoms. The molecule has 0 aliphatic carbocycles. The summed E-state index contributed by atoms with van der Waals surface area (Å²) in [7, 11) is 0. The van der Waals surface area contributed by atoms with E-state index in [0.29, 0.717) is 0 Å². The Morgan fingerprint density at radius 3 is 1.69 bits per heavy atom. The molecule has 0 radical (unpaired) electrons. The Morgan fingerprint density at radius 1 is 1.23 bits per heavy atom. The van der Waals surface area contributed by atoms with Crippen LogP contribution in [0.5, 0.6) is 0 Å². The van der Waals surface area contributed by atoms with Crippen LogP contribution in [0.2, 0.25) is 0 Å². The van der Waals surface area contributed by atoms with Gasteiger partial charge in [-0.2, -0.15) is 0 Å². The molecule has 0 saturated heterocycles. The van der Waals surface area contributed by atoms with Gasteiger partial charge >= 0.3 is 0 Å². The fourth-order valence-electron chi connectivity index (χ4n) is 0.435. The van der Waals surface area contributed by atoms with Gasteiger partial charge in [0.1, 0.15) is 0 Å². The summed E-state index contributed by atoms with van der Waals surface area (Å²) in [4.78, 5) is 3.58. The highest BCUT2D eigenvalue weighted by Gasteiger charge is 1.87. The number of hydrogen-bond acceptors (Lipinski definition) is 1. The Hall–Kier alpha value is -1.37. The Morgan fingerprint density at radius 2 is 1.62 bits per heavy atom. The lowest BCUT2D eigenvalue weighted by atomic mass is 10.1. The first-order valence-electron chi connectivity index (χ1n) is 4.16. The molecule has 74 valence electrons. The number of hydrogen-bond donors (Lipinski definition) is 0. The van der Waals surface area contributed by atoms with Crippen molar-refractivity contribution in [3.8, 4) is 0 Å². The van der Waals surface area contributed by atoms with Crippen molar-refractivity contribution in [3.63, 3.8) is 0 Å². The largest absolute Gasteiger partial charge is 0.272 e. The third-order valence-electron chi connectivity index (χ3n) is 0.943. The first kappa shape index (κ1) is 17.6. The zero-order valence-corrected chi connectivity index (χ0v) is 9.14. The van der Waals surface area contributed by atoms with E-state index in [2.05, 4.69) is 38.0 Å². The molecule has 0 aromatic rings. The van der Waals surface area contributed by atoms with Crippen molar-refractivity contribution >= 4 is 6.72 Å². The molecule has 0 heterocycles. The van der Waals surface area contributed by atoms with Crippen molar-refractivity contribution in [1.82, 2.24) is 0 Å². The van der Waals surface area contributed by atoms with E-state index in [9.17, 15) is 0 Å². The van der Waals surface area contributed by atoms with Gasteiger partial charge < -0.3 is 0 Å². The number of aliphatic imine (C=N–C) groups is 1. The van der Waals surface area contributed by atoms with Gasteiger partial charge in [0.2, 0.25) is 0 Å². The van der Waals surface area contributed by atoms with Crippen LogP contribution < -0.4 is 0 Å². The van der Waals surface area contributed by atoms with E-state index >= 15 is 0 Å². The van der Waals surface area contributed by atoms with Gasteiger partial charge in [-0.25, -0.2) is 0 Å². The van der Waals surface area contributed by atoms with Gasteiger partial charge in [0.05, 0.1) is 0 Å². The summed E-state index contributed by atoms with van der Waals surface area (Å²) in [5, 5.41) is 0. The summed E-state index contributed by atoms with van der Waals surface area (Å²) in [6, 6.07) is 0. The molecule has 1 heteroatoms. The van der Waals surface area contributed by atoms with Crippen LogP contribution in [-0.2, 0) is 0 Å². The maximum Gasteiger partial charge on any atom is 0.0335 e. The maximum atomic E-state index is 3.72. The van der Waals surface area contributed by atoms with E-state index in [1.165, 1.54) is 0 Å². The van der Waals surface area contributed by atoms with Gasteiger partial charge in [0, 0.05) is 6.20 Å². The summed E-state index contributed by atoms with van der Waals surface area (Å²) in [6.07, 6.45) is 3.34. The Labute approximate surface area is 82.9 Å². The van der Waals surface area contributed by atoms with Crippen LogP contribution in [-0.4, -0.2) is 6.72 Å². The molecule has 0 bridgehead atoms. The lowest BCUT2D eigenvalue weighted by molar-refractivity contribution is 1.41. The van der Waals surface area contributed by atoms with Crippen LogP contribution in [0.4, 0.5) is 0 Å². The van der Waals surface area contributed by atoms with Gasteiger partial charge in [0.15, 0.2) is 0 Å². The minimum Gasteiger partial charge on any atom is -0.272 e. The van der Waals surface area contributed by atoms with E-state index in [4.69, 9.17) is 0 Å². The topological polar surface area (TPSA) is 12.4 Å². The van der Waals surface area contributed by atoms with Crippen molar-refractivity contribution in [2.75, 3.05) is 0 Å². The molecule has 0 unspecified atom stereocenters. The molecule has 0 aliphatic heterocycles. The van der Waals surface area contributed by atoms with Gasteiger partial charge in [-0.05, 0) is 24.8 Å². The quantitative estimate of drug-likeness (QED) is 0.350. The summed E-state index contributed by atoms with van der Waals surface area (Å²) < 4.78 is 0. The second kappa shape index (κ2) is 16.9. The average molecular weight is 179 g/mol. The van der Waals surface area contributed by atoms with Gasteiger partial charge in [-0.1, -0.05) is 33.1 Å². The zero-order chi connectivity index (χ0) is 11.3. The monoisotopic (exact) mass is 179 g/mol. The smallest absolute Gasteiger partial charge is 0.0335 e. The molecular weight excluding hydrogens is 158 g/mol. The second-order valence-electron chi connectivity index (χ2n) is 1.75. The minimum absolute atomic E-state index is 0.935. The predicted octanol–water partition coefficient (Wildman–Crippen LogP) is 4.16. The predicted molar refractivity (Wildman–Crippen MR) is 65.2 cm³/mol. The second-order valence-corrected chi connectivity index (χ2v) is 1.75. The highest BCUT2D eigenvalue weighted by Crippen LogP contribution is 2.06. The Bertz CT molecular complexity index is 176. The van der Waals surface area contributed by atoms with Crippen LogP contribution in [0.1, 0.15) is 20.8 Å². The van der Waals surface area contributed by atoms with Crippen molar-refractivity contribution < 1.29 is 0 Å². The first-order chi connectivity index (χ1) is 6.22. The molecule has 0 fully saturated rings. The molecule has 0 amide bonds. The minimum atomic E-state index is 0.935. The molecular formula is C12H21N. The van der Waals surface area contributed by atoms with Crippen LogP contribution in [0, 0.1) is 0 Å². The number of allylic oxidation sites excluding steroid dienone is 3. The van der Waals surface area contributed by atoms with E-state index in [-0.39, 0.29) is 0 Å². The SMILES string of the molecule is C=C.C=C/C(=C/N=C)C(=C)C.CC. The zero-order valence-electron chi connectivity index (χ0n) is 9.14. The average Bonchev–Trinajstić information content (AvgIpc) is 2.20. The van der Waals surface area contributed by atoms with E-state index in [1.807, 2.05) is 20.8 Å². The Balaban J connectivity index is -0.000000218. The molecule has 0 aliphatic rings. The molecule has 0 atom stereocenters. The summed E-state index contributed by atoms with van der Waals surface area (Å²) in [5.74, 6) is 0. The van der Waals surface area contributed by atoms with Crippen LogP contribution in [0.3, 0.4) is 0 Å². The molecule has 1 nitrogen and oxygen atoms in total. The standard InChI is InChI=1S/C8H11N.C2H6.C2H4/c1-5-8(6-9-4)7(2)3;2*1-2/h5-6H,1-2,4H2,3H3;1-2H3;1-2H2/b8-6-;;. The third kappa shape index (κ3) is 13.6. The summed E-state index contributed by atoms with van der Waals surface area (Å²) in [5.41, 5.74) is 1.89. The molecule has 0 aromatic carbocycles. The fraction of sp³-hybridized carbons (Fsp3) is 0.250. The van der Waals surface area contributed by atoms with Gasteiger partial charge in [-0.3, -0.25) is 4.99 Å². The van der Waals surface area contributed by atoms with Crippen LogP contribution in [0.15, 0.2) is 54.7 Å². The first-order valence-corrected chi connectivity index (χ1v) is 4.16. The molecule has 0 N–H and O–H groups in total. The van der Waals surface area contributed by atoms with Crippen LogP contribution >= 0.6 is 0 Å². The maximum absolute atomic E-state index is 3.72. The van der Waals surface area contributed by atoms with Crippen LogP contribution in [0.25, 0.3) is 0 Å². The number of nitrogens with zero attached hydrogens (tertiary/aromatic N) is 1. The lowest BCUT2D eigenvalue weighted by Crippen LogP contribution is -1.75.